The zero-order valence-electron chi connectivity index (χ0n) is 13.4. The van der Waals surface area contributed by atoms with Gasteiger partial charge in [-0.05, 0) is 61.2 Å². The van der Waals surface area contributed by atoms with E-state index in [2.05, 4.69) is 12.2 Å². The van der Waals surface area contributed by atoms with Gasteiger partial charge in [0.25, 0.3) is 0 Å². The number of carbonyl (C=O) groups is 1. The fourth-order valence-electron chi connectivity index (χ4n) is 1.86. The highest BCUT2D eigenvalue weighted by Crippen LogP contribution is 2.20. The van der Waals surface area contributed by atoms with Gasteiger partial charge in [0.2, 0.25) is 0 Å². The first-order chi connectivity index (χ1) is 11.2. The summed E-state index contributed by atoms with van der Waals surface area (Å²) in [6.45, 7) is 2.82. The molecule has 0 heterocycles. The SMILES string of the molecule is CCCCOc1ccc(OC(=O)Nc2ccc(SC)cc2)cc1. The molecule has 1 amide bonds. The van der Waals surface area contributed by atoms with Crippen molar-refractivity contribution in [3.05, 3.63) is 48.5 Å². The third kappa shape index (κ3) is 5.87. The lowest BCUT2D eigenvalue weighted by atomic mass is 10.3. The highest BCUT2D eigenvalue weighted by Gasteiger charge is 2.05. The third-order valence-electron chi connectivity index (χ3n) is 3.14. The Hall–Kier alpha value is -2.14. The summed E-state index contributed by atoms with van der Waals surface area (Å²) in [7, 11) is 0. The summed E-state index contributed by atoms with van der Waals surface area (Å²) in [6.07, 6.45) is 3.61. The average Bonchev–Trinajstić information content (AvgIpc) is 2.57. The van der Waals surface area contributed by atoms with Crippen LogP contribution in [0.5, 0.6) is 11.5 Å². The highest BCUT2D eigenvalue weighted by atomic mass is 32.2. The Bertz CT molecular complexity index is 611. The molecule has 0 radical (unpaired) electrons. The molecule has 2 aromatic carbocycles. The number of benzene rings is 2. The van der Waals surface area contributed by atoms with Gasteiger partial charge in [0, 0.05) is 10.6 Å². The van der Waals surface area contributed by atoms with Crippen LogP contribution in [0.15, 0.2) is 53.4 Å². The molecule has 5 heteroatoms. The van der Waals surface area contributed by atoms with Crippen LogP contribution in [0, 0.1) is 0 Å². The van der Waals surface area contributed by atoms with Gasteiger partial charge in [-0.1, -0.05) is 13.3 Å². The van der Waals surface area contributed by atoms with E-state index in [1.165, 1.54) is 0 Å². The van der Waals surface area contributed by atoms with Gasteiger partial charge in [-0.2, -0.15) is 0 Å². The summed E-state index contributed by atoms with van der Waals surface area (Å²) in [6, 6.07) is 14.6. The summed E-state index contributed by atoms with van der Waals surface area (Å²) in [5.41, 5.74) is 0.701. The van der Waals surface area contributed by atoms with Gasteiger partial charge in [-0.15, -0.1) is 11.8 Å². The van der Waals surface area contributed by atoms with Crippen molar-refractivity contribution in [3.8, 4) is 11.5 Å². The van der Waals surface area contributed by atoms with Crippen LogP contribution in [0.1, 0.15) is 19.8 Å². The quantitative estimate of drug-likeness (QED) is 0.559. The maximum atomic E-state index is 11.9. The lowest BCUT2D eigenvalue weighted by Crippen LogP contribution is -2.16. The van der Waals surface area contributed by atoms with Gasteiger partial charge < -0.3 is 9.47 Å². The van der Waals surface area contributed by atoms with Gasteiger partial charge in [0.15, 0.2) is 0 Å². The van der Waals surface area contributed by atoms with Gasteiger partial charge >= 0.3 is 6.09 Å². The molecule has 0 saturated heterocycles. The van der Waals surface area contributed by atoms with E-state index in [0.29, 0.717) is 18.0 Å². The fourth-order valence-corrected chi connectivity index (χ4v) is 2.27. The van der Waals surface area contributed by atoms with Crippen LogP contribution in [-0.2, 0) is 0 Å². The molecule has 1 N–H and O–H groups in total. The monoisotopic (exact) mass is 331 g/mol. The van der Waals surface area contributed by atoms with E-state index in [4.69, 9.17) is 9.47 Å². The van der Waals surface area contributed by atoms with Crippen LogP contribution < -0.4 is 14.8 Å². The first kappa shape index (κ1) is 17.2. The summed E-state index contributed by atoms with van der Waals surface area (Å²) >= 11 is 1.65. The lowest BCUT2D eigenvalue weighted by molar-refractivity contribution is 0.215. The van der Waals surface area contributed by atoms with E-state index >= 15 is 0 Å². The zero-order valence-corrected chi connectivity index (χ0v) is 14.2. The molecule has 0 unspecified atom stereocenters. The van der Waals surface area contributed by atoms with Crippen molar-refractivity contribution in [3.63, 3.8) is 0 Å². The largest absolute Gasteiger partial charge is 0.494 e. The van der Waals surface area contributed by atoms with Crippen LogP contribution in [0.2, 0.25) is 0 Å². The fraction of sp³-hybridized carbons (Fsp3) is 0.278. The van der Waals surface area contributed by atoms with E-state index in [0.717, 1.165) is 23.5 Å². The average molecular weight is 331 g/mol. The molecule has 2 rings (SSSR count). The predicted octanol–water partition coefficient (Wildman–Crippen LogP) is 5.20. The molecule has 0 atom stereocenters. The second kappa shape index (κ2) is 9.10. The number of unbranched alkanes of at least 4 members (excludes halogenated alkanes) is 1. The predicted molar refractivity (Wildman–Crippen MR) is 94.7 cm³/mol. The van der Waals surface area contributed by atoms with Crippen molar-refractivity contribution in [1.29, 1.82) is 0 Å². The minimum atomic E-state index is -0.512. The number of hydrogen-bond acceptors (Lipinski definition) is 4. The van der Waals surface area contributed by atoms with Crippen molar-refractivity contribution in [2.75, 3.05) is 18.2 Å². The van der Waals surface area contributed by atoms with Crippen LogP contribution in [0.3, 0.4) is 0 Å². The van der Waals surface area contributed by atoms with Crippen molar-refractivity contribution in [1.82, 2.24) is 0 Å². The molecule has 2 aromatic rings. The Morgan fingerprint density at radius 2 is 1.70 bits per heavy atom. The molecule has 122 valence electrons. The van der Waals surface area contributed by atoms with E-state index in [9.17, 15) is 4.79 Å². The van der Waals surface area contributed by atoms with Crippen molar-refractivity contribution >= 4 is 23.5 Å². The summed E-state index contributed by atoms with van der Waals surface area (Å²) < 4.78 is 10.8. The molecule has 4 nitrogen and oxygen atoms in total. The minimum absolute atomic E-state index is 0.478. The first-order valence-corrected chi connectivity index (χ1v) is 8.79. The van der Waals surface area contributed by atoms with Crippen molar-refractivity contribution < 1.29 is 14.3 Å². The van der Waals surface area contributed by atoms with E-state index < -0.39 is 6.09 Å². The number of amides is 1. The molecule has 0 bridgehead atoms. The van der Waals surface area contributed by atoms with Crippen molar-refractivity contribution in [2.24, 2.45) is 0 Å². The number of rotatable bonds is 7. The summed E-state index contributed by atoms with van der Waals surface area (Å²) in [4.78, 5) is 13.0. The van der Waals surface area contributed by atoms with Gasteiger partial charge in [-0.25, -0.2) is 4.79 Å². The van der Waals surface area contributed by atoms with Crippen LogP contribution in [0.25, 0.3) is 0 Å². The van der Waals surface area contributed by atoms with Crippen LogP contribution in [0.4, 0.5) is 10.5 Å². The van der Waals surface area contributed by atoms with Crippen LogP contribution in [-0.4, -0.2) is 19.0 Å². The Morgan fingerprint density at radius 1 is 1.04 bits per heavy atom. The molecule has 0 saturated carbocycles. The van der Waals surface area contributed by atoms with Crippen molar-refractivity contribution in [2.45, 2.75) is 24.7 Å². The van der Waals surface area contributed by atoms with E-state index in [1.54, 1.807) is 36.0 Å². The second-order valence-corrected chi connectivity index (χ2v) is 5.80. The second-order valence-electron chi connectivity index (χ2n) is 4.92. The maximum absolute atomic E-state index is 11.9. The Labute approximate surface area is 141 Å². The highest BCUT2D eigenvalue weighted by molar-refractivity contribution is 7.98. The topological polar surface area (TPSA) is 47.6 Å². The van der Waals surface area contributed by atoms with E-state index in [-0.39, 0.29) is 0 Å². The van der Waals surface area contributed by atoms with Gasteiger partial charge in [0.1, 0.15) is 11.5 Å². The zero-order chi connectivity index (χ0) is 16.5. The smallest absolute Gasteiger partial charge is 0.417 e. The van der Waals surface area contributed by atoms with Gasteiger partial charge in [-0.3, -0.25) is 5.32 Å². The molecule has 0 aromatic heterocycles. The number of ether oxygens (including phenoxy) is 2. The normalized spacial score (nSPS) is 10.2. The molecule has 0 aliphatic carbocycles. The minimum Gasteiger partial charge on any atom is -0.494 e. The van der Waals surface area contributed by atoms with E-state index in [1.807, 2.05) is 30.5 Å². The first-order valence-electron chi connectivity index (χ1n) is 7.57. The Morgan fingerprint density at radius 3 is 2.30 bits per heavy atom. The molecule has 0 spiro atoms. The third-order valence-corrected chi connectivity index (χ3v) is 3.88. The standard InChI is InChI=1S/C18H21NO3S/c1-3-4-13-21-15-7-9-16(10-8-15)22-18(20)19-14-5-11-17(23-2)12-6-14/h5-12H,3-4,13H2,1-2H3,(H,19,20). The number of carbonyl (C=O) groups excluding carboxylic acids is 1. The summed E-state index contributed by atoms with van der Waals surface area (Å²) in [5, 5.41) is 2.70. The number of nitrogens with one attached hydrogen (secondary N) is 1. The summed E-state index contributed by atoms with van der Waals surface area (Å²) in [5.74, 6) is 1.25. The molecular weight excluding hydrogens is 310 g/mol. The molecule has 0 aliphatic rings. The molecule has 0 fully saturated rings. The van der Waals surface area contributed by atoms with Gasteiger partial charge in [0.05, 0.1) is 6.61 Å². The lowest BCUT2D eigenvalue weighted by Gasteiger charge is -2.08. The number of anilines is 1. The number of thioether (sulfide) groups is 1. The molecule has 0 aliphatic heterocycles. The molecule has 23 heavy (non-hydrogen) atoms. The Kier molecular flexibility index (Phi) is 6.81. The number of hydrogen-bond donors (Lipinski definition) is 1. The molecular formula is C18H21NO3S. The Balaban J connectivity index is 1.84. The maximum Gasteiger partial charge on any atom is 0.417 e. The van der Waals surface area contributed by atoms with Crippen LogP contribution >= 0.6 is 11.8 Å².